The predicted molar refractivity (Wildman–Crippen MR) is 68.5 cm³/mol. The van der Waals surface area contributed by atoms with Gasteiger partial charge in [-0.3, -0.25) is 0 Å². The van der Waals surface area contributed by atoms with Crippen LogP contribution in [0.25, 0.3) is 0 Å². The first kappa shape index (κ1) is 13.0. The van der Waals surface area contributed by atoms with Gasteiger partial charge in [0, 0.05) is 11.8 Å². The first-order valence-corrected chi connectivity index (χ1v) is 6.81. The zero-order valence-corrected chi connectivity index (χ0v) is 11.1. The summed E-state index contributed by atoms with van der Waals surface area (Å²) in [5, 5.41) is 0. The van der Waals surface area contributed by atoms with Gasteiger partial charge in [-0.1, -0.05) is 6.07 Å². The van der Waals surface area contributed by atoms with Crippen molar-refractivity contribution in [3.05, 3.63) is 34.1 Å². The summed E-state index contributed by atoms with van der Waals surface area (Å²) in [7, 11) is 0. The van der Waals surface area contributed by atoms with Gasteiger partial charge in [-0.15, -0.1) is 0 Å². The fourth-order valence-electron chi connectivity index (χ4n) is 1.09. The molecular weight excluding hydrogens is 277 g/mol. The number of hydrogen-bond acceptors (Lipinski definition) is 2. The maximum atomic E-state index is 12.9. The van der Waals surface area contributed by atoms with E-state index in [0.717, 1.165) is 23.5 Å². The molecular formula is C11H15BrFNS. The highest BCUT2D eigenvalue weighted by Gasteiger charge is 2.01. The summed E-state index contributed by atoms with van der Waals surface area (Å²) in [5.74, 6) is 1.75. The molecule has 4 heteroatoms. The summed E-state index contributed by atoms with van der Waals surface area (Å²) in [4.78, 5) is 0. The number of nitrogens with two attached hydrogens (primary N) is 1. The van der Waals surface area contributed by atoms with Gasteiger partial charge in [-0.25, -0.2) is 4.39 Å². The molecule has 1 nitrogen and oxygen atoms in total. The summed E-state index contributed by atoms with van der Waals surface area (Å²) in [6.07, 6.45) is 1.02. The van der Waals surface area contributed by atoms with Gasteiger partial charge in [0.25, 0.3) is 0 Å². The van der Waals surface area contributed by atoms with Crippen LogP contribution in [0.3, 0.4) is 0 Å². The van der Waals surface area contributed by atoms with Crippen LogP contribution in [0.5, 0.6) is 0 Å². The Morgan fingerprint density at radius 3 is 2.87 bits per heavy atom. The fraction of sp³-hybridized carbons (Fsp3) is 0.455. The molecule has 0 heterocycles. The second-order valence-electron chi connectivity index (χ2n) is 3.57. The zero-order valence-electron chi connectivity index (χ0n) is 8.67. The van der Waals surface area contributed by atoms with E-state index in [1.165, 1.54) is 6.07 Å². The molecule has 0 saturated heterocycles. The van der Waals surface area contributed by atoms with Gasteiger partial charge in [0.05, 0.1) is 4.47 Å². The largest absolute Gasteiger partial charge is 0.328 e. The van der Waals surface area contributed by atoms with Crippen molar-refractivity contribution in [2.45, 2.75) is 25.1 Å². The van der Waals surface area contributed by atoms with Gasteiger partial charge in [0.2, 0.25) is 0 Å². The molecule has 0 aliphatic heterocycles. The van der Waals surface area contributed by atoms with E-state index in [0.29, 0.717) is 4.47 Å². The summed E-state index contributed by atoms with van der Waals surface area (Å²) in [6.45, 7) is 2.01. The van der Waals surface area contributed by atoms with E-state index in [4.69, 9.17) is 5.73 Å². The summed E-state index contributed by atoms with van der Waals surface area (Å²) >= 11 is 5.00. The third-order valence-corrected chi connectivity index (χ3v) is 3.64. The lowest BCUT2D eigenvalue weighted by Gasteiger charge is -2.05. The lowest BCUT2D eigenvalue weighted by molar-refractivity contribution is 0.620. The molecule has 0 spiro atoms. The Hall–Kier alpha value is -0.0600. The van der Waals surface area contributed by atoms with Crippen molar-refractivity contribution in [3.8, 4) is 0 Å². The first-order chi connectivity index (χ1) is 7.09. The maximum Gasteiger partial charge on any atom is 0.137 e. The summed E-state index contributed by atoms with van der Waals surface area (Å²) in [6, 6.07) is 5.40. The topological polar surface area (TPSA) is 26.0 Å². The van der Waals surface area contributed by atoms with Crippen molar-refractivity contribution in [3.63, 3.8) is 0 Å². The van der Waals surface area contributed by atoms with Crippen LogP contribution >= 0.6 is 27.7 Å². The Morgan fingerprint density at radius 1 is 1.53 bits per heavy atom. The Morgan fingerprint density at radius 2 is 2.27 bits per heavy atom. The van der Waals surface area contributed by atoms with Crippen molar-refractivity contribution in [2.75, 3.05) is 5.75 Å². The summed E-state index contributed by atoms with van der Waals surface area (Å²) in [5.41, 5.74) is 6.78. The quantitative estimate of drug-likeness (QED) is 0.840. The molecule has 84 valence electrons. The van der Waals surface area contributed by atoms with Crippen molar-refractivity contribution in [1.82, 2.24) is 0 Å². The van der Waals surface area contributed by atoms with Crippen molar-refractivity contribution < 1.29 is 4.39 Å². The lowest BCUT2D eigenvalue weighted by atomic mass is 10.2. The highest BCUT2D eigenvalue weighted by Crippen LogP contribution is 2.20. The van der Waals surface area contributed by atoms with E-state index < -0.39 is 0 Å². The minimum absolute atomic E-state index is 0.209. The van der Waals surface area contributed by atoms with Crippen LogP contribution in [0.4, 0.5) is 4.39 Å². The number of benzene rings is 1. The Balaban J connectivity index is 2.35. The average molecular weight is 292 g/mol. The number of halogens is 2. The van der Waals surface area contributed by atoms with E-state index in [-0.39, 0.29) is 11.9 Å². The van der Waals surface area contributed by atoms with Crippen LogP contribution in [-0.4, -0.2) is 11.8 Å². The molecule has 1 rings (SSSR count). The molecule has 1 atom stereocenters. The standard InChI is InChI=1S/C11H15BrFNS/c1-8(14)4-5-15-7-9-2-3-11(13)10(12)6-9/h2-3,6,8H,4-5,7,14H2,1H3. The number of hydrogen-bond donors (Lipinski definition) is 1. The van der Waals surface area contributed by atoms with Gasteiger partial charge in [0.15, 0.2) is 0 Å². The van der Waals surface area contributed by atoms with Crippen LogP contribution in [0.1, 0.15) is 18.9 Å². The fourth-order valence-corrected chi connectivity index (χ4v) is 2.61. The first-order valence-electron chi connectivity index (χ1n) is 4.87. The average Bonchev–Trinajstić information content (AvgIpc) is 2.18. The van der Waals surface area contributed by atoms with Crippen molar-refractivity contribution in [1.29, 1.82) is 0 Å². The smallest absolute Gasteiger partial charge is 0.137 e. The molecule has 0 amide bonds. The minimum atomic E-state index is -0.209. The Labute approximate surface area is 103 Å². The maximum absolute atomic E-state index is 12.9. The third-order valence-electron chi connectivity index (χ3n) is 1.97. The normalized spacial score (nSPS) is 12.8. The van der Waals surface area contributed by atoms with Crippen LogP contribution in [-0.2, 0) is 5.75 Å². The molecule has 0 aliphatic carbocycles. The molecule has 0 aromatic heterocycles. The predicted octanol–water partition coefficient (Wildman–Crippen LogP) is 3.56. The van der Waals surface area contributed by atoms with Crippen molar-refractivity contribution in [2.24, 2.45) is 5.73 Å². The minimum Gasteiger partial charge on any atom is -0.328 e. The highest BCUT2D eigenvalue weighted by atomic mass is 79.9. The van der Waals surface area contributed by atoms with Crippen LogP contribution < -0.4 is 5.73 Å². The highest BCUT2D eigenvalue weighted by molar-refractivity contribution is 9.10. The van der Waals surface area contributed by atoms with Gasteiger partial charge in [-0.05, 0) is 52.7 Å². The van der Waals surface area contributed by atoms with Gasteiger partial charge in [0.1, 0.15) is 5.82 Å². The second-order valence-corrected chi connectivity index (χ2v) is 5.53. The molecule has 0 bridgehead atoms. The molecule has 0 saturated carbocycles. The molecule has 1 aromatic rings. The van der Waals surface area contributed by atoms with E-state index in [1.54, 1.807) is 0 Å². The molecule has 15 heavy (non-hydrogen) atoms. The van der Waals surface area contributed by atoms with Crippen LogP contribution in [0.15, 0.2) is 22.7 Å². The van der Waals surface area contributed by atoms with E-state index >= 15 is 0 Å². The van der Waals surface area contributed by atoms with Crippen LogP contribution in [0.2, 0.25) is 0 Å². The number of thioether (sulfide) groups is 1. The SMILES string of the molecule is CC(N)CCSCc1ccc(F)c(Br)c1. The number of rotatable bonds is 5. The van der Waals surface area contributed by atoms with E-state index in [9.17, 15) is 4.39 Å². The molecule has 0 aliphatic rings. The Kier molecular flexibility index (Phi) is 5.64. The molecule has 2 N–H and O–H groups in total. The van der Waals surface area contributed by atoms with Gasteiger partial charge < -0.3 is 5.73 Å². The molecule has 1 aromatic carbocycles. The van der Waals surface area contributed by atoms with Gasteiger partial charge >= 0.3 is 0 Å². The lowest BCUT2D eigenvalue weighted by Crippen LogP contribution is -2.15. The molecule has 0 fully saturated rings. The van der Waals surface area contributed by atoms with E-state index in [1.807, 2.05) is 30.8 Å². The monoisotopic (exact) mass is 291 g/mol. The van der Waals surface area contributed by atoms with Crippen molar-refractivity contribution >= 4 is 27.7 Å². The van der Waals surface area contributed by atoms with E-state index in [2.05, 4.69) is 15.9 Å². The van der Waals surface area contributed by atoms with Gasteiger partial charge in [-0.2, -0.15) is 11.8 Å². The Bertz CT molecular complexity index is 317. The third kappa shape index (κ3) is 5.00. The van der Waals surface area contributed by atoms with Crippen LogP contribution in [0, 0.1) is 5.82 Å². The zero-order chi connectivity index (χ0) is 11.3. The molecule has 0 radical (unpaired) electrons. The summed E-state index contributed by atoms with van der Waals surface area (Å²) < 4.78 is 13.5. The molecule has 1 unspecified atom stereocenters. The second kappa shape index (κ2) is 6.51.